The second-order valence-corrected chi connectivity index (χ2v) is 9.96. The van der Waals surface area contributed by atoms with Crippen LogP contribution < -0.4 is 10.6 Å². The van der Waals surface area contributed by atoms with Crippen LogP contribution in [-0.2, 0) is 0 Å². The van der Waals surface area contributed by atoms with Crippen LogP contribution in [-0.4, -0.2) is 48.9 Å². The summed E-state index contributed by atoms with van der Waals surface area (Å²) >= 11 is 1.61. The number of aromatic nitrogens is 4. The van der Waals surface area contributed by atoms with Crippen molar-refractivity contribution in [1.82, 2.24) is 19.9 Å². The number of aliphatic hydroxyl groups excluding tert-OH is 2. The minimum absolute atomic E-state index is 0.00663. The molecule has 1 aliphatic carbocycles. The second-order valence-electron chi connectivity index (χ2n) is 8.93. The number of nitrogens with one attached hydrogen (secondary N) is 2. The van der Waals surface area contributed by atoms with Gasteiger partial charge in [-0.25, -0.2) is 9.97 Å². The summed E-state index contributed by atoms with van der Waals surface area (Å²) < 4.78 is 1.10. The third-order valence-electron chi connectivity index (χ3n) is 6.17. The number of hydrogen-bond donors (Lipinski definition) is 4. The van der Waals surface area contributed by atoms with Gasteiger partial charge in [0.05, 0.1) is 27.6 Å². The van der Waals surface area contributed by atoms with E-state index in [2.05, 4.69) is 21.7 Å². The van der Waals surface area contributed by atoms with Gasteiger partial charge in [-0.2, -0.15) is 4.98 Å². The van der Waals surface area contributed by atoms with E-state index < -0.39 is 6.10 Å². The van der Waals surface area contributed by atoms with E-state index in [1.165, 1.54) is 0 Å². The van der Waals surface area contributed by atoms with Crippen molar-refractivity contribution < 1.29 is 10.2 Å². The molecule has 9 heteroatoms. The normalized spacial score (nSPS) is 20.1. The molecule has 0 bridgehead atoms. The lowest BCUT2D eigenvalue weighted by Crippen LogP contribution is -2.19. The van der Waals surface area contributed by atoms with Crippen molar-refractivity contribution in [2.75, 3.05) is 17.2 Å². The molecule has 1 aliphatic rings. The molecule has 3 aromatic heterocycles. The van der Waals surface area contributed by atoms with Gasteiger partial charge >= 0.3 is 0 Å². The van der Waals surface area contributed by atoms with E-state index in [9.17, 15) is 10.2 Å². The fourth-order valence-electron chi connectivity index (χ4n) is 4.61. The summed E-state index contributed by atoms with van der Waals surface area (Å²) in [5, 5.41) is 27.6. The fraction of sp³-hybridized carbons (Fsp3) is 0.360. The van der Waals surface area contributed by atoms with Gasteiger partial charge in [-0.15, -0.1) is 11.3 Å². The predicted molar refractivity (Wildman–Crippen MR) is 136 cm³/mol. The van der Waals surface area contributed by atoms with Crippen LogP contribution >= 0.6 is 11.3 Å². The highest BCUT2D eigenvalue weighted by Gasteiger charge is 2.33. The summed E-state index contributed by atoms with van der Waals surface area (Å²) in [4.78, 5) is 18.9. The maximum absolute atomic E-state index is 10.3. The third kappa shape index (κ3) is 4.59. The molecule has 5 rings (SSSR count). The van der Waals surface area contributed by atoms with E-state index in [4.69, 9.17) is 15.0 Å². The summed E-state index contributed by atoms with van der Waals surface area (Å²) in [6.07, 6.45) is 0.696. The SMILES string of the molecule is Cc1cc(Nc2nc(C)c(-c3nc4ccccc4s3)c(NC3CC(O)C(CO)C3)n2)cc(C)n1. The molecular weight excluding hydrogens is 448 g/mol. The zero-order valence-electron chi connectivity index (χ0n) is 19.4. The molecule has 0 spiro atoms. The first kappa shape index (κ1) is 22.6. The zero-order chi connectivity index (χ0) is 23.8. The molecule has 0 amide bonds. The Bertz CT molecular complexity index is 1290. The quantitative estimate of drug-likeness (QED) is 0.324. The number of fused-ring (bicyclic) bond motifs is 1. The predicted octanol–water partition coefficient (Wildman–Crippen LogP) is 4.36. The molecule has 1 saturated carbocycles. The Morgan fingerprint density at radius 2 is 1.76 bits per heavy atom. The first-order chi connectivity index (χ1) is 16.4. The molecule has 1 aromatic carbocycles. The number of thiazole rings is 1. The van der Waals surface area contributed by atoms with Gasteiger partial charge in [0.25, 0.3) is 0 Å². The van der Waals surface area contributed by atoms with Gasteiger partial charge in [0, 0.05) is 35.6 Å². The lowest BCUT2D eigenvalue weighted by molar-refractivity contribution is 0.0908. The number of aliphatic hydroxyl groups is 2. The van der Waals surface area contributed by atoms with Crippen molar-refractivity contribution in [3.8, 4) is 10.6 Å². The van der Waals surface area contributed by atoms with E-state index in [1.54, 1.807) is 11.3 Å². The number of hydrogen-bond acceptors (Lipinski definition) is 9. The zero-order valence-corrected chi connectivity index (χ0v) is 20.2. The van der Waals surface area contributed by atoms with Crippen LogP contribution in [0.15, 0.2) is 36.4 Å². The van der Waals surface area contributed by atoms with Gasteiger partial charge in [-0.1, -0.05) is 12.1 Å². The third-order valence-corrected chi connectivity index (χ3v) is 7.22. The molecule has 0 saturated heterocycles. The van der Waals surface area contributed by atoms with Crippen molar-refractivity contribution in [3.63, 3.8) is 0 Å². The highest BCUT2D eigenvalue weighted by atomic mass is 32.1. The molecule has 34 heavy (non-hydrogen) atoms. The van der Waals surface area contributed by atoms with Crippen LogP contribution in [0.4, 0.5) is 17.5 Å². The molecule has 3 unspecified atom stereocenters. The molecule has 8 nitrogen and oxygen atoms in total. The number of pyridine rings is 1. The lowest BCUT2D eigenvalue weighted by Gasteiger charge is -2.18. The molecule has 4 aromatic rings. The number of rotatable bonds is 6. The molecular formula is C25H28N6O2S. The van der Waals surface area contributed by atoms with Gasteiger partial charge in [0.15, 0.2) is 0 Å². The minimum atomic E-state index is -0.531. The molecule has 4 N–H and O–H groups in total. The molecule has 176 valence electrons. The second kappa shape index (κ2) is 9.25. The monoisotopic (exact) mass is 476 g/mol. The van der Waals surface area contributed by atoms with Crippen LogP contribution in [0.25, 0.3) is 20.8 Å². The first-order valence-corrected chi connectivity index (χ1v) is 12.2. The molecule has 1 fully saturated rings. The Labute approximate surface area is 202 Å². The van der Waals surface area contributed by atoms with E-state index in [0.29, 0.717) is 24.6 Å². The number of benzene rings is 1. The Hall–Kier alpha value is -3.14. The van der Waals surface area contributed by atoms with Gasteiger partial charge in [0.2, 0.25) is 5.95 Å². The van der Waals surface area contributed by atoms with Crippen LogP contribution in [0.2, 0.25) is 0 Å². The van der Waals surface area contributed by atoms with Crippen LogP contribution in [0.3, 0.4) is 0 Å². The Morgan fingerprint density at radius 1 is 1.00 bits per heavy atom. The average molecular weight is 477 g/mol. The molecule has 3 atom stereocenters. The summed E-state index contributed by atoms with van der Waals surface area (Å²) in [5.41, 5.74) is 5.31. The van der Waals surface area contributed by atoms with Crippen molar-refractivity contribution in [2.45, 2.75) is 45.8 Å². The Morgan fingerprint density at radius 3 is 2.47 bits per heavy atom. The van der Waals surface area contributed by atoms with E-state index >= 15 is 0 Å². The Kier molecular flexibility index (Phi) is 6.16. The van der Waals surface area contributed by atoms with Crippen molar-refractivity contribution >= 4 is 39.0 Å². The van der Waals surface area contributed by atoms with Crippen LogP contribution in [0.1, 0.15) is 29.9 Å². The van der Waals surface area contributed by atoms with E-state index in [1.807, 2.05) is 51.1 Å². The summed E-state index contributed by atoms with van der Waals surface area (Å²) in [7, 11) is 0. The molecule has 0 radical (unpaired) electrons. The smallest absolute Gasteiger partial charge is 0.229 e. The van der Waals surface area contributed by atoms with Crippen LogP contribution in [0, 0.1) is 26.7 Å². The molecule has 3 heterocycles. The van der Waals surface area contributed by atoms with Gasteiger partial charge in [0.1, 0.15) is 10.8 Å². The van der Waals surface area contributed by atoms with Gasteiger partial charge in [-0.3, -0.25) is 4.98 Å². The number of nitrogens with zero attached hydrogens (tertiary/aromatic N) is 4. The largest absolute Gasteiger partial charge is 0.396 e. The van der Waals surface area contributed by atoms with Gasteiger partial charge < -0.3 is 20.8 Å². The standard InChI is InChI=1S/C25H28N6O2S/c1-13-8-17(9-14(2)26-13)29-25-27-15(3)22(24-30-19-6-4-5-7-21(19)34-24)23(31-25)28-18-10-16(12-32)20(33)11-18/h4-9,16,18,20,32-33H,10-12H2,1-3H3,(H2,26,27,28,29,31). The average Bonchev–Trinajstić information content (AvgIpc) is 3.35. The van der Waals surface area contributed by atoms with Crippen molar-refractivity contribution in [1.29, 1.82) is 0 Å². The molecule has 0 aliphatic heterocycles. The van der Waals surface area contributed by atoms with E-state index in [0.717, 1.165) is 43.6 Å². The summed E-state index contributed by atoms with van der Waals surface area (Å²) in [6.45, 7) is 5.84. The first-order valence-electron chi connectivity index (χ1n) is 11.4. The highest BCUT2D eigenvalue weighted by molar-refractivity contribution is 7.21. The van der Waals surface area contributed by atoms with Gasteiger partial charge in [-0.05, 0) is 57.9 Å². The maximum Gasteiger partial charge on any atom is 0.229 e. The van der Waals surface area contributed by atoms with Crippen molar-refractivity contribution in [3.05, 3.63) is 53.5 Å². The minimum Gasteiger partial charge on any atom is -0.396 e. The number of para-hydroxylation sites is 1. The lowest BCUT2D eigenvalue weighted by atomic mass is 10.1. The maximum atomic E-state index is 10.3. The van der Waals surface area contributed by atoms with Crippen LogP contribution in [0.5, 0.6) is 0 Å². The van der Waals surface area contributed by atoms with Crippen molar-refractivity contribution in [2.24, 2.45) is 5.92 Å². The number of anilines is 3. The fourth-order valence-corrected chi connectivity index (χ4v) is 5.68. The summed E-state index contributed by atoms with van der Waals surface area (Å²) in [6, 6.07) is 12.0. The van der Waals surface area contributed by atoms with E-state index in [-0.39, 0.29) is 18.6 Å². The number of aryl methyl sites for hydroxylation is 3. The topological polar surface area (TPSA) is 116 Å². The Balaban J connectivity index is 1.55. The highest BCUT2D eigenvalue weighted by Crippen LogP contribution is 2.38. The summed E-state index contributed by atoms with van der Waals surface area (Å²) in [5.74, 6) is 1.02.